The predicted octanol–water partition coefficient (Wildman–Crippen LogP) is 2.08. The molecular formula is C14H19N5O. The zero-order valence-electron chi connectivity index (χ0n) is 12.1. The maximum absolute atomic E-state index is 12.3. The Morgan fingerprint density at radius 1 is 1.40 bits per heavy atom. The van der Waals surface area contributed by atoms with Crippen LogP contribution in [-0.4, -0.2) is 20.7 Å². The van der Waals surface area contributed by atoms with Gasteiger partial charge in [0.25, 0.3) is 5.91 Å². The van der Waals surface area contributed by atoms with Gasteiger partial charge in [-0.25, -0.2) is 4.98 Å². The molecular weight excluding hydrogens is 254 g/mol. The molecule has 0 aromatic carbocycles. The van der Waals surface area contributed by atoms with E-state index < -0.39 is 0 Å². The van der Waals surface area contributed by atoms with E-state index in [0.717, 1.165) is 11.4 Å². The largest absolute Gasteiger partial charge is 0.384 e. The van der Waals surface area contributed by atoms with Crippen LogP contribution in [-0.2, 0) is 7.05 Å². The molecule has 0 aliphatic carbocycles. The molecule has 3 N–H and O–H groups in total. The fourth-order valence-corrected chi connectivity index (χ4v) is 1.92. The van der Waals surface area contributed by atoms with Gasteiger partial charge in [0, 0.05) is 24.5 Å². The van der Waals surface area contributed by atoms with E-state index in [4.69, 9.17) is 5.73 Å². The van der Waals surface area contributed by atoms with Crippen molar-refractivity contribution in [1.82, 2.24) is 14.8 Å². The van der Waals surface area contributed by atoms with Gasteiger partial charge in [-0.15, -0.1) is 0 Å². The molecule has 0 saturated heterocycles. The topological polar surface area (TPSA) is 85.8 Å². The third kappa shape index (κ3) is 2.96. The van der Waals surface area contributed by atoms with Crippen molar-refractivity contribution >= 4 is 17.4 Å². The standard InChI is InChI=1S/C14H19N5O/c1-8(2)11-5-10(6-13(15)16-11)14(20)17-12-7-19(4)18-9(12)3/h5-8H,1-4H3,(H2,15,16)(H,17,20). The normalized spacial score (nSPS) is 10.8. The first kappa shape index (κ1) is 14.0. The van der Waals surface area contributed by atoms with Gasteiger partial charge < -0.3 is 11.1 Å². The number of anilines is 2. The molecule has 0 aliphatic heterocycles. The molecule has 0 fully saturated rings. The van der Waals surface area contributed by atoms with E-state index in [1.807, 2.05) is 27.8 Å². The van der Waals surface area contributed by atoms with Crippen LogP contribution in [0.4, 0.5) is 11.5 Å². The van der Waals surface area contributed by atoms with E-state index in [2.05, 4.69) is 15.4 Å². The summed E-state index contributed by atoms with van der Waals surface area (Å²) in [6.45, 7) is 5.86. The van der Waals surface area contributed by atoms with Gasteiger partial charge in [-0.05, 0) is 25.0 Å². The van der Waals surface area contributed by atoms with Crippen LogP contribution in [0, 0.1) is 6.92 Å². The van der Waals surface area contributed by atoms with E-state index in [0.29, 0.717) is 17.1 Å². The highest BCUT2D eigenvalue weighted by Gasteiger charge is 2.13. The molecule has 0 aliphatic rings. The number of pyridine rings is 1. The first-order valence-corrected chi connectivity index (χ1v) is 6.46. The van der Waals surface area contributed by atoms with Crippen LogP contribution >= 0.6 is 0 Å². The molecule has 0 spiro atoms. The van der Waals surface area contributed by atoms with Crippen LogP contribution in [0.25, 0.3) is 0 Å². The van der Waals surface area contributed by atoms with Gasteiger partial charge in [0.05, 0.1) is 11.4 Å². The highest BCUT2D eigenvalue weighted by atomic mass is 16.1. The molecule has 0 bridgehead atoms. The van der Waals surface area contributed by atoms with Gasteiger partial charge in [0.2, 0.25) is 0 Å². The molecule has 106 valence electrons. The summed E-state index contributed by atoms with van der Waals surface area (Å²) in [5.41, 5.74) is 8.53. The van der Waals surface area contributed by atoms with E-state index in [-0.39, 0.29) is 11.8 Å². The van der Waals surface area contributed by atoms with Crippen LogP contribution in [0.2, 0.25) is 0 Å². The molecule has 6 heteroatoms. The molecule has 1 amide bonds. The zero-order valence-corrected chi connectivity index (χ0v) is 12.1. The van der Waals surface area contributed by atoms with Crippen molar-refractivity contribution < 1.29 is 4.79 Å². The summed E-state index contributed by atoms with van der Waals surface area (Å²) in [7, 11) is 1.81. The van der Waals surface area contributed by atoms with E-state index in [1.165, 1.54) is 0 Å². The van der Waals surface area contributed by atoms with Gasteiger partial charge in [-0.3, -0.25) is 9.48 Å². The monoisotopic (exact) mass is 273 g/mol. The highest BCUT2D eigenvalue weighted by Crippen LogP contribution is 2.18. The molecule has 20 heavy (non-hydrogen) atoms. The minimum absolute atomic E-state index is 0.211. The fourth-order valence-electron chi connectivity index (χ4n) is 1.92. The minimum atomic E-state index is -0.211. The van der Waals surface area contributed by atoms with Crippen LogP contribution in [0.15, 0.2) is 18.3 Å². The molecule has 0 saturated carbocycles. The van der Waals surface area contributed by atoms with Crippen LogP contribution in [0.1, 0.15) is 41.5 Å². The molecule has 2 aromatic heterocycles. The summed E-state index contributed by atoms with van der Waals surface area (Å²) in [5, 5.41) is 7.02. The number of amides is 1. The highest BCUT2D eigenvalue weighted by molar-refractivity contribution is 6.04. The second kappa shape index (κ2) is 5.32. The summed E-state index contributed by atoms with van der Waals surface area (Å²) in [6.07, 6.45) is 1.77. The maximum atomic E-state index is 12.3. The van der Waals surface area contributed by atoms with Crippen molar-refractivity contribution in [3.63, 3.8) is 0 Å². The summed E-state index contributed by atoms with van der Waals surface area (Å²) < 4.78 is 1.66. The number of nitrogens with one attached hydrogen (secondary N) is 1. The Balaban J connectivity index is 2.27. The Hall–Kier alpha value is -2.37. The zero-order chi connectivity index (χ0) is 14.9. The summed E-state index contributed by atoms with van der Waals surface area (Å²) in [6, 6.07) is 3.34. The fraction of sp³-hybridized carbons (Fsp3) is 0.357. The van der Waals surface area contributed by atoms with Crippen molar-refractivity contribution in [2.24, 2.45) is 7.05 Å². The molecule has 2 heterocycles. The number of nitrogens with two attached hydrogens (primary N) is 1. The Kier molecular flexibility index (Phi) is 3.74. The number of hydrogen-bond acceptors (Lipinski definition) is 4. The summed E-state index contributed by atoms with van der Waals surface area (Å²) in [5.74, 6) is 0.353. The van der Waals surface area contributed by atoms with Gasteiger partial charge in [0.15, 0.2) is 0 Å². The van der Waals surface area contributed by atoms with Crippen molar-refractivity contribution in [1.29, 1.82) is 0 Å². The average Bonchev–Trinajstić information content (AvgIpc) is 2.66. The number of carbonyl (C=O) groups excluding carboxylic acids is 1. The lowest BCUT2D eigenvalue weighted by Crippen LogP contribution is -2.14. The van der Waals surface area contributed by atoms with Crippen molar-refractivity contribution in [2.45, 2.75) is 26.7 Å². The average molecular weight is 273 g/mol. The van der Waals surface area contributed by atoms with Crippen LogP contribution < -0.4 is 11.1 Å². The van der Waals surface area contributed by atoms with E-state index >= 15 is 0 Å². The lowest BCUT2D eigenvalue weighted by atomic mass is 10.1. The maximum Gasteiger partial charge on any atom is 0.255 e. The van der Waals surface area contributed by atoms with Crippen molar-refractivity contribution in [3.05, 3.63) is 35.3 Å². The number of nitrogen functional groups attached to an aromatic ring is 1. The van der Waals surface area contributed by atoms with Gasteiger partial charge in [-0.1, -0.05) is 13.8 Å². The van der Waals surface area contributed by atoms with Gasteiger partial charge in [-0.2, -0.15) is 5.10 Å². The minimum Gasteiger partial charge on any atom is -0.384 e. The summed E-state index contributed by atoms with van der Waals surface area (Å²) in [4.78, 5) is 16.5. The second-order valence-corrected chi connectivity index (χ2v) is 5.12. The predicted molar refractivity (Wildman–Crippen MR) is 78.6 cm³/mol. The molecule has 2 aromatic rings. The number of rotatable bonds is 3. The number of aryl methyl sites for hydroxylation is 2. The Morgan fingerprint density at radius 3 is 2.65 bits per heavy atom. The smallest absolute Gasteiger partial charge is 0.255 e. The van der Waals surface area contributed by atoms with Gasteiger partial charge in [0.1, 0.15) is 5.82 Å². The first-order chi connectivity index (χ1) is 9.36. The number of carbonyl (C=O) groups is 1. The number of nitrogens with zero attached hydrogens (tertiary/aromatic N) is 3. The molecule has 0 atom stereocenters. The third-order valence-corrected chi connectivity index (χ3v) is 2.98. The molecule has 6 nitrogen and oxygen atoms in total. The van der Waals surface area contributed by atoms with Gasteiger partial charge >= 0.3 is 0 Å². The molecule has 0 unspecified atom stereocenters. The summed E-state index contributed by atoms with van der Waals surface area (Å²) >= 11 is 0. The lowest BCUT2D eigenvalue weighted by Gasteiger charge is -2.09. The Bertz CT molecular complexity index is 645. The van der Waals surface area contributed by atoms with Crippen molar-refractivity contribution in [3.8, 4) is 0 Å². The second-order valence-electron chi connectivity index (χ2n) is 5.12. The van der Waals surface area contributed by atoms with Crippen molar-refractivity contribution in [2.75, 3.05) is 11.1 Å². The SMILES string of the molecule is Cc1nn(C)cc1NC(=O)c1cc(N)nc(C(C)C)c1. The first-order valence-electron chi connectivity index (χ1n) is 6.46. The Labute approximate surface area is 118 Å². The molecule has 0 radical (unpaired) electrons. The third-order valence-electron chi connectivity index (χ3n) is 2.98. The van der Waals surface area contributed by atoms with Crippen LogP contribution in [0.5, 0.6) is 0 Å². The lowest BCUT2D eigenvalue weighted by molar-refractivity contribution is 0.102. The van der Waals surface area contributed by atoms with E-state index in [1.54, 1.807) is 23.0 Å². The van der Waals surface area contributed by atoms with E-state index in [9.17, 15) is 4.79 Å². The van der Waals surface area contributed by atoms with Crippen LogP contribution in [0.3, 0.4) is 0 Å². The number of hydrogen-bond donors (Lipinski definition) is 2. The quantitative estimate of drug-likeness (QED) is 0.896. The number of aromatic nitrogens is 3. The Morgan fingerprint density at radius 2 is 2.10 bits per heavy atom. The molecule has 2 rings (SSSR count).